The number of anilines is 3. The molecule has 0 saturated carbocycles. The monoisotopic (exact) mass is 304 g/mol. The van der Waals surface area contributed by atoms with Gasteiger partial charge in [0, 0.05) is 24.2 Å². The van der Waals surface area contributed by atoms with Crippen LogP contribution in [-0.2, 0) is 0 Å². The molecule has 0 saturated heterocycles. The van der Waals surface area contributed by atoms with Gasteiger partial charge in [0.2, 0.25) is 0 Å². The van der Waals surface area contributed by atoms with Crippen molar-refractivity contribution in [2.45, 2.75) is 13.8 Å². The molecule has 0 fully saturated rings. The van der Waals surface area contributed by atoms with Crippen molar-refractivity contribution in [1.29, 1.82) is 0 Å². The minimum Gasteiger partial charge on any atom is -0.453 e. The molecule has 3 heteroatoms. The molecule has 1 aliphatic rings. The first-order chi connectivity index (χ1) is 11.3. The fourth-order valence-corrected chi connectivity index (χ4v) is 3.29. The fourth-order valence-electron chi connectivity index (χ4n) is 3.29. The topological polar surface area (TPSA) is 24.5 Å². The Balaban J connectivity index is 1.95. The van der Waals surface area contributed by atoms with Gasteiger partial charge >= 0.3 is 0 Å². The maximum absolute atomic E-state index is 6.11. The molecule has 0 aliphatic carbocycles. The van der Waals surface area contributed by atoms with E-state index in [-0.39, 0.29) is 0 Å². The summed E-state index contributed by atoms with van der Waals surface area (Å²) in [6.45, 7) is 6.35. The predicted octanol–water partition coefficient (Wildman–Crippen LogP) is 5.54. The molecule has 0 unspecified atom stereocenters. The Morgan fingerprint density at radius 2 is 1.70 bits per heavy atom. The van der Waals surface area contributed by atoms with Crippen LogP contribution in [0.3, 0.4) is 0 Å². The van der Waals surface area contributed by atoms with Gasteiger partial charge in [-0.3, -0.25) is 0 Å². The maximum Gasteiger partial charge on any atom is 0.151 e. The molecule has 1 N–H and O–H groups in total. The molecule has 1 heterocycles. The van der Waals surface area contributed by atoms with Gasteiger partial charge in [-0.15, -0.1) is 0 Å². The highest BCUT2D eigenvalue weighted by Crippen LogP contribution is 2.47. The number of rotatable bonds is 3. The third kappa shape index (κ3) is 2.20. The normalized spacial score (nSPS) is 12.1. The van der Waals surface area contributed by atoms with Crippen LogP contribution in [0.1, 0.15) is 13.8 Å². The van der Waals surface area contributed by atoms with Crippen molar-refractivity contribution in [1.82, 2.24) is 0 Å². The first-order valence-electron chi connectivity index (χ1n) is 8.16. The van der Waals surface area contributed by atoms with E-state index in [9.17, 15) is 0 Å². The first-order valence-corrected chi connectivity index (χ1v) is 8.16. The van der Waals surface area contributed by atoms with Gasteiger partial charge in [0.1, 0.15) is 0 Å². The third-order valence-electron chi connectivity index (χ3n) is 4.46. The average molecular weight is 304 g/mol. The van der Waals surface area contributed by atoms with Crippen molar-refractivity contribution in [2.75, 3.05) is 23.3 Å². The Morgan fingerprint density at radius 1 is 0.870 bits per heavy atom. The van der Waals surface area contributed by atoms with E-state index in [1.54, 1.807) is 0 Å². The van der Waals surface area contributed by atoms with Crippen LogP contribution in [0.4, 0.5) is 17.1 Å². The first kappa shape index (κ1) is 13.9. The van der Waals surface area contributed by atoms with Crippen LogP contribution in [0.2, 0.25) is 0 Å². The summed E-state index contributed by atoms with van der Waals surface area (Å²) in [5, 5.41) is 6.03. The highest BCUT2D eigenvalue weighted by Gasteiger charge is 2.20. The smallest absolute Gasteiger partial charge is 0.151 e. The lowest BCUT2D eigenvalue weighted by molar-refractivity contribution is 0.482. The second-order valence-corrected chi connectivity index (χ2v) is 5.71. The summed E-state index contributed by atoms with van der Waals surface area (Å²) in [6, 6.07) is 18.7. The molecular formula is C20H20N2O. The summed E-state index contributed by atoms with van der Waals surface area (Å²) in [4.78, 5) is 2.38. The van der Waals surface area contributed by atoms with Gasteiger partial charge in [-0.1, -0.05) is 30.3 Å². The van der Waals surface area contributed by atoms with E-state index in [0.717, 1.165) is 36.0 Å². The molecule has 0 bridgehead atoms. The van der Waals surface area contributed by atoms with Crippen molar-refractivity contribution in [3.8, 4) is 11.5 Å². The predicted molar refractivity (Wildman–Crippen MR) is 97.3 cm³/mol. The minimum atomic E-state index is 0.875. The SMILES string of the molecule is CCN(CC)c1cccc2ccc3c(c12)Nc1ccccc1O3. The Labute approximate surface area is 136 Å². The van der Waals surface area contributed by atoms with Crippen LogP contribution in [0.25, 0.3) is 10.8 Å². The average Bonchev–Trinajstić information content (AvgIpc) is 2.61. The Kier molecular flexibility index (Phi) is 3.34. The van der Waals surface area contributed by atoms with E-state index in [1.165, 1.54) is 16.5 Å². The highest BCUT2D eigenvalue weighted by molar-refractivity contribution is 6.07. The summed E-state index contributed by atoms with van der Waals surface area (Å²) in [5.74, 6) is 1.76. The summed E-state index contributed by atoms with van der Waals surface area (Å²) in [5.41, 5.74) is 3.32. The molecule has 23 heavy (non-hydrogen) atoms. The molecule has 116 valence electrons. The zero-order chi connectivity index (χ0) is 15.8. The fraction of sp³-hybridized carbons (Fsp3) is 0.200. The number of hydrogen-bond acceptors (Lipinski definition) is 3. The van der Waals surface area contributed by atoms with Crippen molar-refractivity contribution >= 4 is 27.8 Å². The van der Waals surface area contributed by atoms with Crippen molar-refractivity contribution in [2.24, 2.45) is 0 Å². The largest absolute Gasteiger partial charge is 0.453 e. The lowest BCUT2D eigenvalue weighted by Gasteiger charge is -2.27. The van der Waals surface area contributed by atoms with Crippen LogP contribution in [0.15, 0.2) is 54.6 Å². The number of para-hydroxylation sites is 2. The molecule has 0 radical (unpaired) electrons. The second kappa shape index (κ2) is 5.51. The van der Waals surface area contributed by atoms with Crippen LogP contribution in [-0.4, -0.2) is 13.1 Å². The molecule has 3 aromatic rings. The minimum absolute atomic E-state index is 0.875. The summed E-state index contributed by atoms with van der Waals surface area (Å²) >= 11 is 0. The number of fused-ring (bicyclic) bond motifs is 4. The van der Waals surface area contributed by atoms with Crippen LogP contribution >= 0.6 is 0 Å². The van der Waals surface area contributed by atoms with E-state index >= 15 is 0 Å². The quantitative estimate of drug-likeness (QED) is 0.538. The summed E-state index contributed by atoms with van der Waals surface area (Å²) in [6.07, 6.45) is 0. The van der Waals surface area contributed by atoms with Gasteiger partial charge in [-0.05, 0) is 43.5 Å². The van der Waals surface area contributed by atoms with E-state index in [0.29, 0.717) is 0 Å². The number of nitrogens with zero attached hydrogens (tertiary/aromatic N) is 1. The Bertz CT molecular complexity index is 869. The number of hydrogen-bond donors (Lipinski definition) is 1. The van der Waals surface area contributed by atoms with E-state index in [1.807, 2.05) is 24.3 Å². The molecule has 0 aromatic heterocycles. The molecule has 3 aromatic carbocycles. The molecule has 1 aliphatic heterocycles. The van der Waals surface area contributed by atoms with Gasteiger partial charge in [0.05, 0.1) is 11.4 Å². The zero-order valence-corrected chi connectivity index (χ0v) is 13.5. The van der Waals surface area contributed by atoms with E-state index in [4.69, 9.17) is 4.74 Å². The van der Waals surface area contributed by atoms with Crippen LogP contribution < -0.4 is 15.0 Å². The zero-order valence-electron chi connectivity index (χ0n) is 13.5. The number of ether oxygens (including phenoxy) is 1. The molecule has 3 nitrogen and oxygen atoms in total. The third-order valence-corrected chi connectivity index (χ3v) is 4.46. The van der Waals surface area contributed by atoms with Gasteiger partial charge in [-0.2, -0.15) is 0 Å². The second-order valence-electron chi connectivity index (χ2n) is 5.71. The van der Waals surface area contributed by atoms with Crippen LogP contribution in [0, 0.1) is 0 Å². The van der Waals surface area contributed by atoms with E-state index < -0.39 is 0 Å². The molecule has 0 atom stereocenters. The maximum atomic E-state index is 6.11. The standard InChI is InChI=1S/C20H20N2O/c1-3-22(4-2)16-10-7-8-14-12-13-18-20(19(14)16)21-15-9-5-6-11-17(15)23-18/h5-13,21H,3-4H2,1-2H3. The summed E-state index contributed by atoms with van der Waals surface area (Å²) in [7, 11) is 0. The van der Waals surface area contributed by atoms with Crippen molar-refractivity contribution in [3.05, 3.63) is 54.6 Å². The van der Waals surface area contributed by atoms with Gasteiger partial charge in [-0.25, -0.2) is 0 Å². The van der Waals surface area contributed by atoms with Gasteiger partial charge in [0.15, 0.2) is 11.5 Å². The molecular weight excluding hydrogens is 284 g/mol. The number of nitrogens with one attached hydrogen (secondary N) is 1. The van der Waals surface area contributed by atoms with Gasteiger partial charge in [0.25, 0.3) is 0 Å². The number of benzene rings is 3. The Morgan fingerprint density at radius 3 is 2.52 bits per heavy atom. The van der Waals surface area contributed by atoms with E-state index in [2.05, 4.69) is 54.4 Å². The molecule has 0 spiro atoms. The lowest BCUT2D eigenvalue weighted by Crippen LogP contribution is -2.22. The highest BCUT2D eigenvalue weighted by atomic mass is 16.5. The Hall–Kier alpha value is -2.68. The van der Waals surface area contributed by atoms with Crippen molar-refractivity contribution < 1.29 is 4.74 Å². The molecule has 0 amide bonds. The summed E-state index contributed by atoms with van der Waals surface area (Å²) < 4.78 is 6.11. The molecule has 4 rings (SSSR count). The van der Waals surface area contributed by atoms with Crippen LogP contribution in [0.5, 0.6) is 11.5 Å². The lowest BCUT2D eigenvalue weighted by atomic mass is 10.0. The van der Waals surface area contributed by atoms with Gasteiger partial charge < -0.3 is 15.0 Å². The van der Waals surface area contributed by atoms with Crippen molar-refractivity contribution in [3.63, 3.8) is 0 Å².